The Labute approximate surface area is 175 Å². The summed E-state index contributed by atoms with van der Waals surface area (Å²) in [6.07, 6.45) is 3.55. The van der Waals surface area contributed by atoms with Gasteiger partial charge in [-0.25, -0.2) is 5.43 Å². The summed E-state index contributed by atoms with van der Waals surface area (Å²) in [5.41, 5.74) is 4.69. The molecule has 4 aromatic rings. The Hall–Kier alpha value is -3.13. The Kier molecular flexibility index (Phi) is 5.12. The van der Waals surface area contributed by atoms with Crippen LogP contribution < -0.4 is 5.43 Å². The number of nitrogens with one attached hydrogen (secondary N) is 1. The predicted molar refractivity (Wildman–Crippen MR) is 119 cm³/mol. The largest absolute Gasteiger partial charge is 0.507 e. The summed E-state index contributed by atoms with van der Waals surface area (Å²) in [6.45, 7) is 0. The molecular weight excluding hydrogens is 465 g/mol. The van der Waals surface area contributed by atoms with Crippen LogP contribution in [-0.2, 0) is 0 Å². The quantitative estimate of drug-likeness (QED) is 0.252. The van der Waals surface area contributed by atoms with Crippen LogP contribution in [0, 0.1) is 3.57 Å². The standard InChI is InChI=1S/C22H16IN3O2/c23-20-10-8-17(13-21(20)27)22(28)25-24-14-19-6-3-11-26(19)18-9-7-15-4-1-2-5-16(15)12-18/h1-14,27H,(H,25,28)/b24-14+. The van der Waals surface area contributed by atoms with Gasteiger partial charge >= 0.3 is 0 Å². The van der Waals surface area contributed by atoms with E-state index in [1.807, 2.05) is 63.7 Å². The molecule has 0 radical (unpaired) electrons. The zero-order valence-corrected chi connectivity index (χ0v) is 16.9. The predicted octanol–water partition coefficient (Wildman–Crippen LogP) is 4.70. The number of amides is 1. The van der Waals surface area contributed by atoms with E-state index in [0.717, 1.165) is 16.8 Å². The van der Waals surface area contributed by atoms with Gasteiger partial charge in [0.15, 0.2) is 0 Å². The molecule has 0 bridgehead atoms. The van der Waals surface area contributed by atoms with Gasteiger partial charge in [0, 0.05) is 17.4 Å². The molecule has 1 amide bonds. The summed E-state index contributed by atoms with van der Waals surface area (Å²) >= 11 is 2.00. The molecule has 0 saturated carbocycles. The molecule has 28 heavy (non-hydrogen) atoms. The van der Waals surface area contributed by atoms with Crippen LogP contribution in [0.2, 0.25) is 0 Å². The minimum Gasteiger partial charge on any atom is -0.507 e. The second-order valence-corrected chi connectivity index (χ2v) is 7.36. The lowest BCUT2D eigenvalue weighted by molar-refractivity contribution is 0.0954. The van der Waals surface area contributed by atoms with Gasteiger partial charge in [-0.15, -0.1) is 0 Å². The number of carbonyl (C=O) groups excluding carboxylic acids is 1. The molecule has 4 rings (SSSR count). The molecular formula is C22H16IN3O2. The summed E-state index contributed by atoms with van der Waals surface area (Å²) < 4.78 is 2.68. The highest BCUT2D eigenvalue weighted by Crippen LogP contribution is 2.21. The van der Waals surface area contributed by atoms with Gasteiger partial charge in [0.05, 0.1) is 15.5 Å². The van der Waals surface area contributed by atoms with E-state index in [0.29, 0.717) is 9.13 Å². The lowest BCUT2D eigenvalue weighted by Gasteiger charge is -2.08. The van der Waals surface area contributed by atoms with Crippen molar-refractivity contribution < 1.29 is 9.90 Å². The topological polar surface area (TPSA) is 66.6 Å². The maximum absolute atomic E-state index is 12.2. The summed E-state index contributed by atoms with van der Waals surface area (Å²) in [4.78, 5) is 12.2. The molecule has 0 aliphatic carbocycles. The monoisotopic (exact) mass is 481 g/mol. The molecule has 6 heteroatoms. The second-order valence-electron chi connectivity index (χ2n) is 6.20. The molecule has 3 aromatic carbocycles. The van der Waals surface area contributed by atoms with Gasteiger partial charge in [0.1, 0.15) is 5.75 Å². The average Bonchev–Trinajstić information content (AvgIpc) is 3.18. The maximum Gasteiger partial charge on any atom is 0.271 e. The molecule has 5 nitrogen and oxygen atoms in total. The number of nitrogens with zero attached hydrogens (tertiary/aromatic N) is 2. The van der Waals surface area contributed by atoms with Gasteiger partial charge in [-0.3, -0.25) is 4.79 Å². The number of carbonyl (C=O) groups is 1. The lowest BCUT2D eigenvalue weighted by atomic mass is 10.1. The average molecular weight is 481 g/mol. The third-order valence-corrected chi connectivity index (χ3v) is 5.27. The number of aromatic nitrogens is 1. The minimum absolute atomic E-state index is 0.0717. The first-order valence-electron chi connectivity index (χ1n) is 8.60. The van der Waals surface area contributed by atoms with Gasteiger partial charge in [0.2, 0.25) is 0 Å². The molecule has 0 spiro atoms. The summed E-state index contributed by atoms with van der Waals surface area (Å²) in [5, 5.41) is 16.1. The van der Waals surface area contributed by atoms with E-state index in [1.54, 1.807) is 18.3 Å². The van der Waals surface area contributed by atoms with Crippen molar-refractivity contribution in [3.05, 3.63) is 93.8 Å². The van der Waals surface area contributed by atoms with E-state index in [9.17, 15) is 9.90 Å². The number of fused-ring (bicyclic) bond motifs is 1. The summed E-state index contributed by atoms with van der Waals surface area (Å²) in [5.74, 6) is -0.311. The van der Waals surface area contributed by atoms with Crippen LogP contribution in [0.15, 0.2) is 84.1 Å². The molecule has 0 saturated heterocycles. The fourth-order valence-electron chi connectivity index (χ4n) is 2.94. The number of halogens is 1. The van der Waals surface area contributed by atoms with E-state index >= 15 is 0 Å². The number of aromatic hydroxyl groups is 1. The number of phenolic OH excluding ortho intramolecular Hbond substituents is 1. The van der Waals surface area contributed by atoms with Crippen LogP contribution in [0.3, 0.4) is 0 Å². The Morgan fingerprint density at radius 2 is 1.82 bits per heavy atom. The van der Waals surface area contributed by atoms with Gasteiger partial charge in [-0.2, -0.15) is 5.10 Å². The summed E-state index contributed by atoms with van der Waals surface area (Å²) in [6, 6.07) is 23.0. The van der Waals surface area contributed by atoms with Crippen LogP contribution in [0.4, 0.5) is 0 Å². The van der Waals surface area contributed by atoms with Crippen molar-refractivity contribution in [1.29, 1.82) is 0 Å². The van der Waals surface area contributed by atoms with Gasteiger partial charge < -0.3 is 9.67 Å². The molecule has 0 atom stereocenters. The number of phenols is 1. The first kappa shape index (κ1) is 18.2. The Bertz CT molecular complexity index is 1200. The van der Waals surface area contributed by atoms with E-state index in [1.165, 1.54) is 11.5 Å². The molecule has 0 unspecified atom stereocenters. The molecule has 1 heterocycles. The van der Waals surface area contributed by atoms with E-state index in [-0.39, 0.29) is 11.7 Å². The highest BCUT2D eigenvalue weighted by atomic mass is 127. The van der Waals surface area contributed by atoms with E-state index < -0.39 is 0 Å². The fourth-order valence-corrected chi connectivity index (χ4v) is 3.27. The zero-order chi connectivity index (χ0) is 19.5. The van der Waals surface area contributed by atoms with Crippen LogP contribution in [-0.4, -0.2) is 21.8 Å². The van der Waals surface area contributed by atoms with Crippen molar-refractivity contribution in [2.45, 2.75) is 0 Å². The van der Waals surface area contributed by atoms with Crippen molar-refractivity contribution in [2.24, 2.45) is 5.10 Å². The van der Waals surface area contributed by atoms with Gasteiger partial charge in [-0.05, 0) is 75.8 Å². The normalized spacial score (nSPS) is 11.2. The summed E-state index contributed by atoms with van der Waals surface area (Å²) in [7, 11) is 0. The minimum atomic E-state index is -0.383. The second kappa shape index (κ2) is 7.85. The van der Waals surface area contributed by atoms with Gasteiger partial charge in [-0.1, -0.05) is 30.3 Å². The SMILES string of the molecule is O=C(N/N=C/c1cccn1-c1ccc2ccccc2c1)c1ccc(I)c(O)c1. The molecule has 138 valence electrons. The van der Waals surface area contributed by atoms with Crippen LogP contribution in [0.25, 0.3) is 16.5 Å². The zero-order valence-electron chi connectivity index (χ0n) is 14.7. The Morgan fingerprint density at radius 1 is 1.00 bits per heavy atom. The van der Waals surface area contributed by atoms with Crippen molar-refractivity contribution in [2.75, 3.05) is 0 Å². The lowest BCUT2D eigenvalue weighted by Crippen LogP contribution is -2.17. The number of benzene rings is 3. The van der Waals surface area contributed by atoms with Crippen molar-refractivity contribution in [1.82, 2.24) is 9.99 Å². The van der Waals surface area contributed by atoms with Crippen LogP contribution in [0.1, 0.15) is 16.1 Å². The van der Waals surface area contributed by atoms with E-state index in [2.05, 4.69) is 34.8 Å². The molecule has 0 aliphatic heterocycles. The Balaban J connectivity index is 1.53. The number of rotatable bonds is 4. The maximum atomic E-state index is 12.2. The molecule has 2 N–H and O–H groups in total. The van der Waals surface area contributed by atoms with Crippen molar-refractivity contribution in [3.63, 3.8) is 0 Å². The first-order chi connectivity index (χ1) is 13.6. The van der Waals surface area contributed by atoms with Crippen LogP contribution >= 0.6 is 22.6 Å². The molecule has 1 aromatic heterocycles. The highest BCUT2D eigenvalue weighted by Gasteiger charge is 2.07. The van der Waals surface area contributed by atoms with E-state index in [4.69, 9.17) is 0 Å². The van der Waals surface area contributed by atoms with Crippen LogP contribution in [0.5, 0.6) is 5.75 Å². The third kappa shape index (κ3) is 3.77. The molecule has 0 fully saturated rings. The first-order valence-corrected chi connectivity index (χ1v) is 9.68. The highest BCUT2D eigenvalue weighted by molar-refractivity contribution is 14.1. The number of hydrogen-bond donors (Lipinski definition) is 2. The van der Waals surface area contributed by atoms with Gasteiger partial charge in [0.25, 0.3) is 5.91 Å². The smallest absolute Gasteiger partial charge is 0.271 e. The fraction of sp³-hybridized carbons (Fsp3) is 0. The van der Waals surface area contributed by atoms with Crippen molar-refractivity contribution >= 4 is 45.5 Å². The third-order valence-electron chi connectivity index (χ3n) is 4.36. The molecule has 0 aliphatic rings. The Morgan fingerprint density at radius 3 is 2.64 bits per heavy atom. The number of hydrogen-bond acceptors (Lipinski definition) is 3. The number of hydrazone groups is 1. The van der Waals surface area contributed by atoms with Crippen molar-refractivity contribution in [3.8, 4) is 11.4 Å².